The Labute approximate surface area is 51.3 Å². The summed E-state index contributed by atoms with van der Waals surface area (Å²) in [5.41, 5.74) is 0. The van der Waals surface area contributed by atoms with E-state index >= 15 is 0 Å². The van der Waals surface area contributed by atoms with Crippen LogP contribution in [0.5, 0.6) is 0 Å². The molecule has 1 saturated carbocycles. The number of rotatable bonds is 1. The number of hydrogen-bond donors (Lipinski definition) is 1. The van der Waals surface area contributed by atoms with Crippen molar-refractivity contribution in [2.45, 2.75) is 13.3 Å². The normalized spacial score (nSPS) is 42.5. The minimum absolute atomic E-state index is 0.00694. The third kappa shape index (κ3) is 0.650. The van der Waals surface area contributed by atoms with Gasteiger partial charge >= 0.3 is 0 Å². The number of aliphatic hydroxyl groups is 1. The van der Waals surface area contributed by atoms with Crippen molar-refractivity contribution in [3.8, 4) is 0 Å². The van der Waals surface area contributed by atoms with Gasteiger partial charge in [0.05, 0.1) is 9.30 Å². The van der Waals surface area contributed by atoms with Crippen LogP contribution >= 0.6 is 0 Å². The summed E-state index contributed by atoms with van der Waals surface area (Å²) in [7, 11) is 0. The van der Waals surface area contributed by atoms with E-state index in [1.54, 1.807) is 6.92 Å². The van der Waals surface area contributed by atoms with Crippen molar-refractivity contribution in [2.24, 2.45) is 11.8 Å². The van der Waals surface area contributed by atoms with Gasteiger partial charge in [-0.3, -0.25) is 4.79 Å². The highest BCUT2D eigenvalue weighted by Crippen LogP contribution is 2.28. The van der Waals surface area contributed by atoms with Crippen molar-refractivity contribution in [1.82, 2.24) is 0 Å². The fourth-order valence-corrected chi connectivity index (χ4v) is 0.918. The molecule has 0 spiro atoms. The summed E-state index contributed by atoms with van der Waals surface area (Å²) in [6.07, 6.45) is 0.407. The van der Waals surface area contributed by atoms with Crippen LogP contribution in [0.2, 0.25) is 0 Å². The SMILES string of the molecule is [2H]C([2H])(O)C1C(=O)CC1C. The maximum absolute atomic E-state index is 10.7. The van der Waals surface area contributed by atoms with Gasteiger partial charge in [0.25, 0.3) is 0 Å². The molecule has 1 rings (SSSR count). The van der Waals surface area contributed by atoms with Crippen molar-refractivity contribution >= 4 is 5.78 Å². The number of carbonyl (C=O) groups excluding carboxylic acids is 1. The second kappa shape index (κ2) is 1.86. The minimum atomic E-state index is -2.31. The lowest BCUT2D eigenvalue weighted by Gasteiger charge is -2.29. The molecule has 2 atom stereocenters. The Bertz CT molecular complexity index is 162. The van der Waals surface area contributed by atoms with Crippen molar-refractivity contribution < 1.29 is 12.6 Å². The summed E-state index contributed by atoms with van der Waals surface area (Å²) >= 11 is 0. The molecule has 2 heteroatoms. The van der Waals surface area contributed by atoms with E-state index in [4.69, 9.17) is 7.85 Å². The van der Waals surface area contributed by atoms with Gasteiger partial charge in [-0.25, -0.2) is 0 Å². The van der Waals surface area contributed by atoms with Crippen LogP contribution in [0.15, 0.2) is 0 Å². The average Bonchev–Trinajstić information content (AvgIpc) is 1.58. The Morgan fingerprint density at radius 2 is 2.75 bits per heavy atom. The number of Topliss-reactive ketones (excluding diaryl/α,β-unsaturated/α-hetero) is 1. The Balaban J connectivity index is 2.64. The number of ketones is 1. The van der Waals surface area contributed by atoms with Crippen LogP contribution in [0.3, 0.4) is 0 Å². The molecule has 2 unspecified atom stereocenters. The highest BCUT2D eigenvalue weighted by atomic mass is 16.3. The first kappa shape index (κ1) is 3.62. The Kier molecular flexibility index (Phi) is 0.841. The molecule has 2 nitrogen and oxygen atoms in total. The first-order valence-corrected chi connectivity index (χ1v) is 2.68. The van der Waals surface area contributed by atoms with E-state index in [9.17, 15) is 4.79 Å². The molecular weight excluding hydrogens is 104 g/mol. The van der Waals surface area contributed by atoms with Gasteiger partial charge in [-0.1, -0.05) is 6.92 Å². The van der Waals surface area contributed by atoms with E-state index in [1.807, 2.05) is 0 Å². The molecule has 0 aromatic rings. The minimum Gasteiger partial charge on any atom is -0.396 e. The van der Waals surface area contributed by atoms with Gasteiger partial charge in [-0.2, -0.15) is 0 Å². The first-order chi connectivity index (χ1) is 4.43. The van der Waals surface area contributed by atoms with Crippen LogP contribution in [0.4, 0.5) is 0 Å². The maximum atomic E-state index is 10.7. The van der Waals surface area contributed by atoms with E-state index in [0.29, 0.717) is 6.42 Å². The summed E-state index contributed by atoms with van der Waals surface area (Å²) in [5.74, 6) is -0.958. The lowest BCUT2D eigenvalue weighted by Crippen LogP contribution is -2.37. The highest BCUT2D eigenvalue weighted by molar-refractivity contribution is 5.87. The molecule has 0 aliphatic heterocycles. The second-order valence-electron chi connectivity index (χ2n) is 2.25. The topological polar surface area (TPSA) is 37.3 Å². The molecule has 8 heavy (non-hydrogen) atoms. The third-order valence-electron chi connectivity index (χ3n) is 1.58. The summed E-state index contributed by atoms with van der Waals surface area (Å²) in [6, 6.07) is 0. The van der Waals surface area contributed by atoms with Gasteiger partial charge < -0.3 is 5.11 Å². The zero-order valence-corrected chi connectivity index (χ0v) is 4.72. The molecule has 1 fully saturated rings. The molecule has 0 bridgehead atoms. The van der Waals surface area contributed by atoms with Crippen LogP contribution in [-0.2, 0) is 4.79 Å². The maximum Gasteiger partial charge on any atom is 0.138 e. The Hall–Kier alpha value is -0.370. The molecule has 1 N–H and O–H groups in total. The molecule has 0 radical (unpaired) electrons. The standard InChI is InChI=1S/C6H10O2/c1-4-2-6(8)5(4)3-7/h4-5,7H,2-3H2,1H3/i3D2. The predicted molar refractivity (Wildman–Crippen MR) is 29.4 cm³/mol. The summed E-state index contributed by atoms with van der Waals surface area (Å²) < 4.78 is 13.7. The lowest BCUT2D eigenvalue weighted by molar-refractivity contribution is -0.135. The molecule has 0 amide bonds. The Morgan fingerprint density at radius 1 is 2.12 bits per heavy atom. The smallest absolute Gasteiger partial charge is 0.138 e. The van der Waals surface area contributed by atoms with E-state index in [-0.39, 0.29) is 11.7 Å². The van der Waals surface area contributed by atoms with Gasteiger partial charge in [0, 0.05) is 12.3 Å². The third-order valence-corrected chi connectivity index (χ3v) is 1.58. The molecule has 1 aliphatic rings. The zero-order chi connectivity index (χ0) is 7.94. The second-order valence-corrected chi connectivity index (χ2v) is 2.25. The van der Waals surface area contributed by atoms with Crippen molar-refractivity contribution in [1.29, 1.82) is 0 Å². The van der Waals surface area contributed by atoms with Crippen molar-refractivity contribution in [2.75, 3.05) is 6.56 Å². The van der Waals surface area contributed by atoms with Gasteiger partial charge in [0.1, 0.15) is 5.78 Å². The Morgan fingerprint density at radius 3 is 2.88 bits per heavy atom. The number of hydrogen-bond acceptors (Lipinski definition) is 2. The van der Waals surface area contributed by atoms with E-state index in [2.05, 4.69) is 0 Å². The molecule has 0 saturated heterocycles. The fourth-order valence-electron chi connectivity index (χ4n) is 0.918. The molecule has 0 aromatic carbocycles. The molecule has 46 valence electrons. The van der Waals surface area contributed by atoms with Gasteiger partial charge in [-0.15, -0.1) is 0 Å². The van der Waals surface area contributed by atoms with Crippen LogP contribution in [0.1, 0.15) is 16.1 Å². The first-order valence-electron chi connectivity index (χ1n) is 3.68. The van der Waals surface area contributed by atoms with Gasteiger partial charge in [0.2, 0.25) is 0 Å². The van der Waals surface area contributed by atoms with Gasteiger partial charge in [0.15, 0.2) is 0 Å². The average molecular weight is 116 g/mol. The van der Waals surface area contributed by atoms with E-state index in [0.717, 1.165) is 0 Å². The summed E-state index contributed by atoms with van der Waals surface area (Å²) in [6.45, 7) is -0.547. The fraction of sp³-hybridized carbons (Fsp3) is 0.833. The quantitative estimate of drug-likeness (QED) is 0.531. The van der Waals surface area contributed by atoms with Crippen LogP contribution in [0.25, 0.3) is 0 Å². The van der Waals surface area contributed by atoms with Crippen molar-refractivity contribution in [3.05, 3.63) is 0 Å². The van der Waals surface area contributed by atoms with Crippen LogP contribution < -0.4 is 0 Å². The largest absolute Gasteiger partial charge is 0.396 e. The summed E-state index contributed by atoms with van der Waals surface area (Å²) in [5, 5.41) is 8.79. The number of carbonyl (C=O) groups is 1. The van der Waals surface area contributed by atoms with Crippen molar-refractivity contribution in [3.63, 3.8) is 0 Å². The predicted octanol–water partition coefficient (Wildman–Crippen LogP) is 0.204. The van der Waals surface area contributed by atoms with Crippen LogP contribution in [-0.4, -0.2) is 17.4 Å². The van der Waals surface area contributed by atoms with Crippen LogP contribution in [0, 0.1) is 11.8 Å². The summed E-state index contributed by atoms with van der Waals surface area (Å²) in [4.78, 5) is 10.7. The molecular formula is C6H10O2. The highest BCUT2D eigenvalue weighted by Gasteiger charge is 2.35. The monoisotopic (exact) mass is 116 g/mol. The van der Waals surface area contributed by atoms with E-state index < -0.39 is 12.5 Å². The zero-order valence-electron chi connectivity index (χ0n) is 6.72. The molecule has 0 heterocycles. The lowest BCUT2D eigenvalue weighted by atomic mass is 9.74. The molecule has 1 aliphatic carbocycles. The van der Waals surface area contributed by atoms with Gasteiger partial charge in [-0.05, 0) is 5.92 Å². The molecule has 0 aromatic heterocycles. The van der Waals surface area contributed by atoms with E-state index in [1.165, 1.54) is 0 Å².